The molecule has 0 aliphatic heterocycles. The van der Waals surface area contributed by atoms with Gasteiger partial charge >= 0.3 is 0 Å². The first kappa shape index (κ1) is 35.9. The molecule has 0 N–H and O–H groups in total. The van der Waals surface area contributed by atoms with Crippen LogP contribution in [0.2, 0.25) is 0 Å². The summed E-state index contributed by atoms with van der Waals surface area (Å²) in [5.74, 6) is 0. The molecule has 0 amide bonds. The fourth-order valence-corrected chi connectivity index (χ4v) is 10.5. The van der Waals surface area contributed by atoms with Gasteiger partial charge in [-0.15, -0.1) is 11.3 Å². The van der Waals surface area contributed by atoms with Gasteiger partial charge in [-0.3, -0.25) is 0 Å². The molecule has 10 aromatic rings. The smallest absolute Gasteiger partial charge is 0.0781 e. The number of benzene rings is 9. The van der Waals surface area contributed by atoms with Gasteiger partial charge in [-0.1, -0.05) is 153 Å². The second-order valence-corrected chi connectivity index (χ2v) is 17.2. The highest BCUT2D eigenvalue weighted by molar-refractivity contribution is 7.25. The van der Waals surface area contributed by atoms with Crippen molar-refractivity contribution in [2.45, 2.75) is 19.3 Å². The molecule has 286 valence electrons. The molecular formula is C57H42N2S. The fourth-order valence-electron chi connectivity index (χ4n) is 9.36. The molecule has 1 aliphatic carbocycles. The SMILES string of the molecule is CC1(C)c2ccccc2-c2cc(N(c3ccccc3)c3cccc(-c4cccc(-c5ccc6sc7ccccc7c6c5)c4)c3N(c3ccccc3)c3ccccc3)ccc21. The molecule has 0 saturated carbocycles. The van der Waals surface area contributed by atoms with E-state index in [1.165, 1.54) is 53.6 Å². The zero-order valence-corrected chi connectivity index (χ0v) is 34.4. The lowest BCUT2D eigenvalue weighted by Crippen LogP contribution is -2.18. The molecule has 0 atom stereocenters. The highest BCUT2D eigenvalue weighted by atomic mass is 32.1. The van der Waals surface area contributed by atoms with Crippen LogP contribution in [0.25, 0.3) is 53.6 Å². The first-order chi connectivity index (χ1) is 29.5. The van der Waals surface area contributed by atoms with E-state index in [0.717, 1.165) is 45.3 Å². The molecule has 1 aromatic heterocycles. The number of thiophene rings is 1. The number of hydrogen-bond donors (Lipinski definition) is 0. The molecular weight excluding hydrogens is 745 g/mol. The molecule has 0 bridgehead atoms. The first-order valence-corrected chi connectivity index (χ1v) is 21.5. The van der Waals surface area contributed by atoms with E-state index in [9.17, 15) is 0 Å². The molecule has 0 unspecified atom stereocenters. The molecule has 2 nitrogen and oxygen atoms in total. The van der Waals surface area contributed by atoms with Crippen LogP contribution in [0.3, 0.4) is 0 Å². The van der Waals surface area contributed by atoms with Crippen molar-refractivity contribution < 1.29 is 0 Å². The van der Waals surface area contributed by atoms with Crippen LogP contribution < -0.4 is 9.80 Å². The maximum atomic E-state index is 2.45. The largest absolute Gasteiger partial charge is 0.308 e. The Hall–Kier alpha value is -7.20. The summed E-state index contributed by atoms with van der Waals surface area (Å²) in [6.07, 6.45) is 0. The molecule has 1 aliphatic rings. The number of hydrogen-bond acceptors (Lipinski definition) is 3. The Balaban J connectivity index is 1.16. The van der Waals surface area contributed by atoms with Crippen molar-refractivity contribution in [1.29, 1.82) is 0 Å². The van der Waals surface area contributed by atoms with E-state index in [2.05, 4.69) is 242 Å². The van der Waals surface area contributed by atoms with E-state index in [4.69, 9.17) is 0 Å². The zero-order chi connectivity index (χ0) is 40.2. The molecule has 0 spiro atoms. The van der Waals surface area contributed by atoms with Crippen LogP contribution in [-0.2, 0) is 5.41 Å². The quantitative estimate of drug-likeness (QED) is 0.151. The van der Waals surface area contributed by atoms with Gasteiger partial charge in [0, 0.05) is 53.9 Å². The summed E-state index contributed by atoms with van der Waals surface area (Å²) in [4.78, 5) is 4.88. The van der Waals surface area contributed by atoms with Crippen molar-refractivity contribution in [2.75, 3.05) is 9.80 Å². The Bertz CT molecular complexity index is 3140. The normalized spacial score (nSPS) is 12.6. The van der Waals surface area contributed by atoms with Gasteiger partial charge in [0.1, 0.15) is 0 Å². The molecule has 0 radical (unpaired) electrons. The highest BCUT2D eigenvalue weighted by Gasteiger charge is 2.36. The summed E-state index contributed by atoms with van der Waals surface area (Å²) in [5.41, 5.74) is 16.5. The van der Waals surface area contributed by atoms with Crippen LogP contribution in [0.1, 0.15) is 25.0 Å². The minimum absolute atomic E-state index is 0.0867. The van der Waals surface area contributed by atoms with E-state index in [1.54, 1.807) is 0 Å². The van der Waals surface area contributed by atoms with E-state index in [-0.39, 0.29) is 5.41 Å². The Kier molecular flexibility index (Phi) is 8.72. The number of para-hydroxylation sites is 4. The van der Waals surface area contributed by atoms with Crippen LogP contribution in [-0.4, -0.2) is 0 Å². The van der Waals surface area contributed by atoms with Crippen LogP contribution in [0.4, 0.5) is 34.1 Å². The summed E-state index contributed by atoms with van der Waals surface area (Å²) in [5, 5.41) is 2.62. The van der Waals surface area contributed by atoms with Crippen LogP contribution in [0.5, 0.6) is 0 Å². The van der Waals surface area contributed by atoms with Gasteiger partial charge in [-0.05, 0) is 118 Å². The monoisotopic (exact) mass is 786 g/mol. The second-order valence-electron chi connectivity index (χ2n) is 16.1. The van der Waals surface area contributed by atoms with Crippen molar-refractivity contribution in [3.8, 4) is 33.4 Å². The summed E-state index contributed by atoms with van der Waals surface area (Å²) < 4.78 is 2.63. The maximum Gasteiger partial charge on any atom is 0.0781 e. The first-order valence-electron chi connectivity index (χ1n) is 20.7. The van der Waals surface area contributed by atoms with Gasteiger partial charge in [0.2, 0.25) is 0 Å². The molecule has 0 saturated heterocycles. The number of nitrogens with zero attached hydrogens (tertiary/aromatic N) is 2. The summed E-state index contributed by atoms with van der Waals surface area (Å²) in [6, 6.07) is 79.9. The van der Waals surface area contributed by atoms with E-state index in [0.29, 0.717) is 0 Å². The Morgan fingerprint density at radius 2 is 0.917 bits per heavy atom. The van der Waals surface area contributed by atoms with Crippen LogP contribution in [0.15, 0.2) is 218 Å². The average molecular weight is 787 g/mol. The maximum absolute atomic E-state index is 2.45. The lowest BCUT2D eigenvalue weighted by molar-refractivity contribution is 0.660. The lowest BCUT2D eigenvalue weighted by atomic mass is 9.82. The lowest BCUT2D eigenvalue weighted by Gasteiger charge is -2.35. The van der Waals surface area contributed by atoms with E-state index in [1.807, 2.05) is 11.3 Å². The second kappa shape index (κ2) is 14.6. The van der Waals surface area contributed by atoms with Gasteiger partial charge in [-0.2, -0.15) is 0 Å². The predicted octanol–water partition coefficient (Wildman–Crippen LogP) is 16.6. The zero-order valence-electron chi connectivity index (χ0n) is 33.6. The summed E-state index contributed by atoms with van der Waals surface area (Å²) in [7, 11) is 0. The molecule has 0 fully saturated rings. The third-order valence-corrected chi connectivity index (χ3v) is 13.4. The van der Waals surface area contributed by atoms with Gasteiger partial charge in [0.25, 0.3) is 0 Å². The fraction of sp³-hybridized carbons (Fsp3) is 0.0526. The number of fused-ring (bicyclic) bond motifs is 6. The van der Waals surface area contributed by atoms with Crippen LogP contribution >= 0.6 is 11.3 Å². The highest BCUT2D eigenvalue weighted by Crippen LogP contribution is 2.53. The topological polar surface area (TPSA) is 6.48 Å². The number of rotatable bonds is 8. The van der Waals surface area contributed by atoms with Crippen molar-refractivity contribution in [3.63, 3.8) is 0 Å². The van der Waals surface area contributed by atoms with Gasteiger partial charge in [0.05, 0.1) is 11.4 Å². The van der Waals surface area contributed by atoms with Crippen molar-refractivity contribution >= 4 is 65.6 Å². The summed E-state index contributed by atoms with van der Waals surface area (Å²) in [6.45, 7) is 4.69. The molecule has 1 heterocycles. The summed E-state index contributed by atoms with van der Waals surface area (Å²) >= 11 is 1.86. The standard InChI is InChI=1S/C57H42N2S/c1-57(2)51-29-14-12-26-47(51)49-38-45(33-34-52(49)57)58(42-20-6-3-7-21-42)53-30-17-28-46(56(53)59(43-22-8-4-9-23-43)44-24-10-5-11-25-44)41-19-16-18-39(36-41)40-32-35-55-50(37-40)48-27-13-15-31-54(48)60-55/h3-38H,1-2H3. The molecule has 11 rings (SSSR count). The van der Waals surface area contributed by atoms with Crippen LogP contribution in [0, 0.1) is 0 Å². The van der Waals surface area contributed by atoms with Crippen molar-refractivity contribution in [3.05, 3.63) is 230 Å². The minimum Gasteiger partial charge on any atom is -0.308 e. The third-order valence-electron chi connectivity index (χ3n) is 12.2. The molecule has 60 heavy (non-hydrogen) atoms. The third kappa shape index (κ3) is 6.01. The Labute approximate surface area is 355 Å². The van der Waals surface area contributed by atoms with Gasteiger partial charge < -0.3 is 9.80 Å². The number of anilines is 6. The van der Waals surface area contributed by atoms with E-state index >= 15 is 0 Å². The Morgan fingerprint density at radius 1 is 0.350 bits per heavy atom. The molecule has 3 heteroatoms. The van der Waals surface area contributed by atoms with Gasteiger partial charge in [-0.25, -0.2) is 0 Å². The molecule has 9 aromatic carbocycles. The average Bonchev–Trinajstić information content (AvgIpc) is 3.79. The van der Waals surface area contributed by atoms with E-state index < -0.39 is 0 Å². The van der Waals surface area contributed by atoms with Gasteiger partial charge in [0.15, 0.2) is 0 Å². The van der Waals surface area contributed by atoms with Crippen molar-refractivity contribution in [1.82, 2.24) is 0 Å². The van der Waals surface area contributed by atoms with Crippen molar-refractivity contribution in [2.24, 2.45) is 0 Å². The minimum atomic E-state index is -0.0867. The Morgan fingerprint density at radius 3 is 1.67 bits per heavy atom. The predicted molar refractivity (Wildman–Crippen MR) is 257 cm³/mol.